The van der Waals surface area contributed by atoms with Gasteiger partial charge in [0.25, 0.3) is 0 Å². The van der Waals surface area contributed by atoms with Gasteiger partial charge in [-0.3, -0.25) is 14.6 Å². The molecule has 0 atom stereocenters. The number of aromatic nitrogens is 3. The van der Waals surface area contributed by atoms with Crippen LogP contribution < -0.4 is 5.73 Å². The molecular formula is C21H21N5O3. The van der Waals surface area contributed by atoms with Crippen LogP contribution in [-0.4, -0.2) is 37.9 Å². The fraction of sp³-hybridized carbons (Fsp3) is 0.286. The number of carbonyl (C=O) groups is 2. The van der Waals surface area contributed by atoms with Crippen LogP contribution in [0.2, 0.25) is 0 Å². The molecule has 1 saturated carbocycles. The van der Waals surface area contributed by atoms with Gasteiger partial charge in [-0.05, 0) is 42.7 Å². The molecule has 1 aliphatic rings. The molecule has 3 aromatic rings. The van der Waals surface area contributed by atoms with E-state index < -0.39 is 5.91 Å². The van der Waals surface area contributed by atoms with E-state index in [0.717, 1.165) is 24.0 Å². The Balaban J connectivity index is 1.37. The number of pyridine rings is 1. The van der Waals surface area contributed by atoms with Crippen molar-refractivity contribution in [3.05, 3.63) is 65.8 Å². The highest BCUT2D eigenvalue weighted by atomic mass is 16.5. The van der Waals surface area contributed by atoms with Gasteiger partial charge in [-0.1, -0.05) is 17.3 Å². The standard InChI is InChI=1S/C21H21N5O3/c22-20(28)15-3-1-14(2-4-15)13-26(17-5-6-17)19(27)8-7-18-24-21(25-29-18)16-9-11-23-12-10-16/h1-4,9-12,17H,5-8,13H2,(H2,22,28). The highest BCUT2D eigenvalue weighted by molar-refractivity contribution is 5.92. The van der Waals surface area contributed by atoms with Crippen LogP contribution in [0.5, 0.6) is 0 Å². The van der Waals surface area contributed by atoms with Gasteiger partial charge in [0.1, 0.15) is 0 Å². The summed E-state index contributed by atoms with van der Waals surface area (Å²) in [5.74, 6) is 0.516. The smallest absolute Gasteiger partial charge is 0.248 e. The number of hydrogen-bond donors (Lipinski definition) is 1. The second-order valence-electron chi connectivity index (χ2n) is 7.06. The lowest BCUT2D eigenvalue weighted by atomic mass is 10.1. The number of hydrogen-bond acceptors (Lipinski definition) is 6. The Hall–Kier alpha value is -3.55. The van der Waals surface area contributed by atoms with Crippen LogP contribution in [0.1, 0.15) is 41.1 Å². The van der Waals surface area contributed by atoms with Gasteiger partial charge in [-0.2, -0.15) is 4.98 Å². The lowest BCUT2D eigenvalue weighted by Gasteiger charge is -2.22. The Morgan fingerprint density at radius 1 is 1.10 bits per heavy atom. The van der Waals surface area contributed by atoms with E-state index in [4.69, 9.17) is 10.3 Å². The molecule has 0 spiro atoms. The van der Waals surface area contributed by atoms with Crippen LogP contribution in [0.15, 0.2) is 53.3 Å². The Bertz CT molecular complexity index is 997. The third-order valence-corrected chi connectivity index (χ3v) is 4.86. The topological polar surface area (TPSA) is 115 Å². The number of amides is 2. The molecule has 1 fully saturated rings. The van der Waals surface area contributed by atoms with Gasteiger partial charge in [0.05, 0.1) is 0 Å². The van der Waals surface area contributed by atoms with Crippen LogP contribution in [0.25, 0.3) is 11.4 Å². The number of nitrogens with zero attached hydrogens (tertiary/aromatic N) is 4. The molecule has 0 unspecified atom stereocenters. The molecule has 148 valence electrons. The molecule has 0 aliphatic heterocycles. The second kappa shape index (κ2) is 8.22. The summed E-state index contributed by atoms with van der Waals surface area (Å²) in [7, 11) is 0. The van der Waals surface area contributed by atoms with Crippen molar-refractivity contribution in [1.82, 2.24) is 20.0 Å². The van der Waals surface area contributed by atoms with E-state index in [0.29, 0.717) is 36.7 Å². The van der Waals surface area contributed by atoms with E-state index in [1.807, 2.05) is 17.0 Å². The second-order valence-corrected chi connectivity index (χ2v) is 7.06. The molecule has 0 radical (unpaired) electrons. The summed E-state index contributed by atoms with van der Waals surface area (Å²) >= 11 is 0. The molecule has 0 saturated heterocycles. The van der Waals surface area contributed by atoms with E-state index in [2.05, 4.69) is 15.1 Å². The molecule has 4 rings (SSSR count). The summed E-state index contributed by atoms with van der Waals surface area (Å²) in [6.45, 7) is 0.509. The lowest BCUT2D eigenvalue weighted by Crippen LogP contribution is -2.32. The molecule has 2 N–H and O–H groups in total. The number of benzene rings is 1. The summed E-state index contributed by atoms with van der Waals surface area (Å²) < 4.78 is 5.28. The minimum atomic E-state index is -0.461. The number of rotatable bonds is 8. The molecule has 0 bridgehead atoms. The zero-order valence-corrected chi connectivity index (χ0v) is 15.8. The SMILES string of the molecule is NC(=O)c1ccc(CN(C(=O)CCc2nc(-c3ccncc3)no2)C2CC2)cc1. The molecule has 8 heteroatoms. The van der Waals surface area contributed by atoms with Crippen molar-refractivity contribution in [2.24, 2.45) is 5.73 Å². The van der Waals surface area contributed by atoms with Gasteiger partial charge in [0, 0.05) is 48.9 Å². The van der Waals surface area contributed by atoms with Gasteiger partial charge in [0.15, 0.2) is 0 Å². The van der Waals surface area contributed by atoms with E-state index in [9.17, 15) is 9.59 Å². The van der Waals surface area contributed by atoms with Crippen molar-refractivity contribution in [1.29, 1.82) is 0 Å². The average molecular weight is 391 g/mol. The number of primary amides is 1. The van der Waals surface area contributed by atoms with Crippen LogP contribution in [-0.2, 0) is 17.8 Å². The number of aryl methyl sites for hydroxylation is 1. The zero-order chi connectivity index (χ0) is 20.2. The third-order valence-electron chi connectivity index (χ3n) is 4.86. The van der Waals surface area contributed by atoms with Crippen LogP contribution in [0, 0.1) is 0 Å². The molecule has 2 heterocycles. The summed E-state index contributed by atoms with van der Waals surface area (Å²) in [5.41, 5.74) is 7.52. The first-order chi connectivity index (χ1) is 14.1. The van der Waals surface area contributed by atoms with Crippen molar-refractivity contribution >= 4 is 11.8 Å². The van der Waals surface area contributed by atoms with Crippen molar-refractivity contribution in [3.63, 3.8) is 0 Å². The Morgan fingerprint density at radius 3 is 2.48 bits per heavy atom. The highest BCUT2D eigenvalue weighted by Crippen LogP contribution is 2.29. The van der Waals surface area contributed by atoms with E-state index in [1.165, 1.54) is 0 Å². The van der Waals surface area contributed by atoms with Crippen molar-refractivity contribution < 1.29 is 14.1 Å². The first-order valence-corrected chi connectivity index (χ1v) is 9.51. The Labute approximate surface area is 167 Å². The average Bonchev–Trinajstić information content (AvgIpc) is 3.48. The maximum atomic E-state index is 12.8. The minimum Gasteiger partial charge on any atom is -0.366 e. The number of nitrogens with two attached hydrogens (primary N) is 1. The van der Waals surface area contributed by atoms with Crippen molar-refractivity contribution in [2.75, 3.05) is 0 Å². The quantitative estimate of drug-likeness (QED) is 0.630. The predicted molar refractivity (Wildman–Crippen MR) is 104 cm³/mol. The van der Waals surface area contributed by atoms with Crippen LogP contribution >= 0.6 is 0 Å². The number of carbonyl (C=O) groups excluding carboxylic acids is 2. The van der Waals surface area contributed by atoms with Gasteiger partial charge in [0.2, 0.25) is 23.5 Å². The largest absolute Gasteiger partial charge is 0.366 e. The maximum Gasteiger partial charge on any atom is 0.248 e. The molecule has 8 nitrogen and oxygen atoms in total. The van der Waals surface area contributed by atoms with Gasteiger partial charge >= 0.3 is 0 Å². The highest BCUT2D eigenvalue weighted by Gasteiger charge is 2.32. The minimum absolute atomic E-state index is 0.0511. The predicted octanol–water partition coefficient (Wildman–Crippen LogP) is 2.35. The normalized spacial score (nSPS) is 13.2. The van der Waals surface area contributed by atoms with E-state index in [1.54, 1.807) is 36.7 Å². The fourth-order valence-corrected chi connectivity index (χ4v) is 3.11. The molecule has 1 aromatic carbocycles. The molecule has 2 amide bonds. The molecule has 2 aromatic heterocycles. The first-order valence-electron chi connectivity index (χ1n) is 9.51. The molecule has 1 aliphatic carbocycles. The molecule has 29 heavy (non-hydrogen) atoms. The van der Waals surface area contributed by atoms with E-state index in [-0.39, 0.29) is 11.9 Å². The van der Waals surface area contributed by atoms with E-state index >= 15 is 0 Å². The lowest BCUT2D eigenvalue weighted by molar-refractivity contribution is -0.132. The molecular weight excluding hydrogens is 370 g/mol. The van der Waals surface area contributed by atoms with Gasteiger partial charge in [-0.25, -0.2) is 0 Å². The Morgan fingerprint density at radius 2 is 1.83 bits per heavy atom. The summed E-state index contributed by atoms with van der Waals surface area (Å²) in [5, 5.41) is 3.97. The maximum absolute atomic E-state index is 12.8. The van der Waals surface area contributed by atoms with Crippen LogP contribution in [0.4, 0.5) is 0 Å². The first kappa shape index (κ1) is 18.8. The monoisotopic (exact) mass is 391 g/mol. The van der Waals surface area contributed by atoms with Crippen molar-refractivity contribution in [3.8, 4) is 11.4 Å². The zero-order valence-electron chi connectivity index (χ0n) is 15.8. The van der Waals surface area contributed by atoms with Gasteiger partial charge in [-0.15, -0.1) is 0 Å². The Kier molecular flexibility index (Phi) is 5.33. The van der Waals surface area contributed by atoms with Crippen LogP contribution in [0.3, 0.4) is 0 Å². The summed E-state index contributed by atoms with van der Waals surface area (Å²) in [6, 6.07) is 10.9. The fourth-order valence-electron chi connectivity index (χ4n) is 3.11. The summed E-state index contributed by atoms with van der Waals surface area (Å²) in [6.07, 6.45) is 6.04. The van der Waals surface area contributed by atoms with Crippen molar-refractivity contribution in [2.45, 2.75) is 38.3 Å². The third kappa shape index (κ3) is 4.66. The summed E-state index contributed by atoms with van der Waals surface area (Å²) in [4.78, 5) is 34.2. The van der Waals surface area contributed by atoms with Gasteiger partial charge < -0.3 is 15.2 Å².